The highest BCUT2D eigenvalue weighted by Crippen LogP contribution is 2.13. The third-order valence-electron chi connectivity index (χ3n) is 5.03. The molecule has 1 fully saturated rings. The average molecular weight is 354 g/mol. The lowest BCUT2D eigenvalue weighted by molar-refractivity contribution is -0.141. The van der Waals surface area contributed by atoms with E-state index in [-0.39, 0.29) is 11.9 Å². The maximum absolute atomic E-state index is 11.7. The fourth-order valence-electron chi connectivity index (χ4n) is 3.37. The Morgan fingerprint density at radius 2 is 1.36 bits per heavy atom. The molecule has 1 N–H and O–H groups in total. The SMILES string of the molecule is CCCCCCCCCCCCCCCCC(=O)N[C@H]1CCOC1=O. The van der Waals surface area contributed by atoms with Gasteiger partial charge < -0.3 is 10.1 Å². The van der Waals surface area contributed by atoms with Crippen LogP contribution in [0, 0.1) is 0 Å². The van der Waals surface area contributed by atoms with Crippen molar-refractivity contribution in [2.45, 2.75) is 116 Å². The van der Waals surface area contributed by atoms with Gasteiger partial charge in [-0.2, -0.15) is 0 Å². The first-order valence-electron chi connectivity index (χ1n) is 10.7. The first-order valence-corrected chi connectivity index (χ1v) is 10.7. The molecule has 0 saturated carbocycles. The van der Waals surface area contributed by atoms with E-state index in [1.807, 2.05) is 0 Å². The fourth-order valence-corrected chi connectivity index (χ4v) is 3.37. The molecular weight excluding hydrogens is 314 g/mol. The van der Waals surface area contributed by atoms with Crippen LogP contribution in [0.2, 0.25) is 0 Å². The molecular formula is C21H39NO3. The minimum atomic E-state index is -0.404. The van der Waals surface area contributed by atoms with Gasteiger partial charge in [-0.25, -0.2) is 4.79 Å². The third-order valence-corrected chi connectivity index (χ3v) is 5.03. The van der Waals surface area contributed by atoms with Crippen LogP contribution in [0.4, 0.5) is 0 Å². The number of nitrogens with one attached hydrogen (secondary N) is 1. The topological polar surface area (TPSA) is 55.4 Å². The van der Waals surface area contributed by atoms with Crippen molar-refractivity contribution in [3.63, 3.8) is 0 Å². The molecule has 1 heterocycles. The van der Waals surface area contributed by atoms with E-state index in [4.69, 9.17) is 4.74 Å². The van der Waals surface area contributed by atoms with E-state index in [0.29, 0.717) is 19.4 Å². The highest BCUT2D eigenvalue weighted by Gasteiger charge is 2.27. The Labute approximate surface area is 154 Å². The zero-order valence-corrected chi connectivity index (χ0v) is 16.3. The summed E-state index contributed by atoms with van der Waals surface area (Å²) >= 11 is 0. The van der Waals surface area contributed by atoms with Crippen LogP contribution in [0.1, 0.15) is 110 Å². The van der Waals surface area contributed by atoms with Crippen molar-refractivity contribution in [1.82, 2.24) is 5.32 Å². The summed E-state index contributed by atoms with van der Waals surface area (Å²) in [5.74, 6) is -0.294. The van der Waals surface area contributed by atoms with Gasteiger partial charge in [0.1, 0.15) is 6.04 Å². The second-order valence-electron chi connectivity index (χ2n) is 7.42. The van der Waals surface area contributed by atoms with Gasteiger partial charge in [0, 0.05) is 12.8 Å². The number of cyclic esters (lactones) is 1. The van der Waals surface area contributed by atoms with Gasteiger partial charge in [-0.3, -0.25) is 4.79 Å². The Morgan fingerprint density at radius 3 is 1.80 bits per heavy atom. The average Bonchev–Trinajstić information content (AvgIpc) is 3.00. The van der Waals surface area contributed by atoms with Gasteiger partial charge >= 0.3 is 5.97 Å². The zero-order valence-electron chi connectivity index (χ0n) is 16.3. The standard InChI is InChI=1S/C21H39NO3/c1-2-3-4-5-6-7-8-9-10-11-12-13-14-15-16-20(23)22-19-17-18-25-21(19)24/h19H,2-18H2,1H3,(H,22,23)/t19-/m0/s1. The van der Waals surface area contributed by atoms with Crippen LogP contribution in [0.15, 0.2) is 0 Å². The van der Waals surface area contributed by atoms with Crippen molar-refractivity contribution in [2.75, 3.05) is 6.61 Å². The number of ether oxygens (including phenoxy) is 1. The summed E-state index contributed by atoms with van der Waals surface area (Å²) in [6.07, 6.45) is 19.5. The van der Waals surface area contributed by atoms with Gasteiger partial charge in [0.2, 0.25) is 5.91 Å². The van der Waals surface area contributed by atoms with E-state index in [9.17, 15) is 9.59 Å². The molecule has 4 heteroatoms. The number of hydrogen-bond donors (Lipinski definition) is 1. The number of carbonyl (C=O) groups is 2. The van der Waals surface area contributed by atoms with E-state index < -0.39 is 6.04 Å². The second kappa shape index (κ2) is 15.2. The molecule has 0 spiro atoms. The van der Waals surface area contributed by atoms with Gasteiger partial charge in [-0.1, -0.05) is 90.4 Å². The molecule has 1 atom stereocenters. The van der Waals surface area contributed by atoms with E-state index in [0.717, 1.165) is 12.8 Å². The van der Waals surface area contributed by atoms with Crippen molar-refractivity contribution < 1.29 is 14.3 Å². The maximum Gasteiger partial charge on any atom is 0.328 e. The smallest absolute Gasteiger partial charge is 0.328 e. The van der Waals surface area contributed by atoms with Gasteiger partial charge in [0.15, 0.2) is 0 Å². The Kier molecular flexibility index (Phi) is 13.4. The molecule has 1 rings (SSSR count). The first kappa shape index (κ1) is 22.0. The molecule has 0 radical (unpaired) electrons. The number of carbonyl (C=O) groups excluding carboxylic acids is 2. The fraction of sp³-hybridized carbons (Fsp3) is 0.905. The lowest BCUT2D eigenvalue weighted by Crippen LogP contribution is -2.37. The predicted octanol–water partition coefficient (Wildman–Crippen LogP) is 5.29. The minimum Gasteiger partial charge on any atom is -0.464 e. The normalized spacial score (nSPS) is 16.8. The molecule has 0 unspecified atom stereocenters. The molecule has 0 aromatic rings. The minimum absolute atomic E-state index is 0.0113. The van der Waals surface area contributed by atoms with E-state index >= 15 is 0 Å². The number of unbranched alkanes of at least 4 members (excludes halogenated alkanes) is 13. The van der Waals surface area contributed by atoms with E-state index in [2.05, 4.69) is 12.2 Å². The number of hydrogen-bond acceptors (Lipinski definition) is 3. The first-order chi connectivity index (χ1) is 12.2. The molecule has 1 amide bonds. The molecule has 0 bridgehead atoms. The zero-order chi connectivity index (χ0) is 18.2. The quantitative estimate of drug-likeness (QED) is 0.303. The van der Waals surface area contributed by atoms with Gasteiger partial charge in [0.05, 0.1) is 6.61 Å². The highest BCUT2D eigenvalue weighted by atomic mass is 16.5. The molecule has 1 aliphatic rings. The third kappa shape index (κ3) is 12.0. The molecule has 0 aromatic carbocycles. The Balaban J connectivity index is 1.77. The van der Waals surface area contributed by atoms with Crippen molar-refractivity contribution in [3.8, 4) is 0 Å². The van der Waals surface area contributed by atoms with E-state index in [1.54, 1.807) is 0 Å². The summed E-state index contributed by atoms with van der Waals surface area (Å²) in [6.45, 7) is 2.70. The summed E-state index contributed by atoms with van der Waals surface area (Å²) in [7, 11) is 0. The molecule has 1 saturated heterocycles. The van der Waals surface area contributed by atoms with Crippen LogP contribution in [-0.4, -0.2) is 24.5 Å². The number of esters is 1. The van der Waals surface area contributed by atoms with Gasteiger partial charge in [-0.15, -0.1) is 0 Å². The molecule has 1 aliphatic heterocycles. The van der Waals surface area contributed by atoms with Crippen molar-refractivity contribution in [1.29, 1.82) is 0 Å². The summed E-state index contributed by atoms with van der Waals surface area (Å²) in [5.41, 5.74) is 0. The molecule has 25 heavy (non-hydrogen) atoms. The monoisotopic (exact) mass is 353 g/mol. The summed E-state index contributed by atoms with van der Waals surface area (Å²) < 4.78 is 4.84. The van der Waals surface area contributed by atoms with Crippen LogP contribution in [0.25, 0.3) is 0 Å². The van der Waals surface area contributed by atoms with Crippen molar-refractivity contribution >= 4 is 11.9 Å². The lowest BCUT2D eigenvalue weighted by Gasteiger charge is -2.08. The van der Waals surface area contributed by atoms with Crippen LogP contribution < -0.4 is 5.32 Å². The van der Waals surface area contributed by atoms with Crippen LogP contribution in [0.3, 0.4) is 0 Å². The second-order valence-corrected chi connectivity index (χ2v) is 7.42. The lowest BCUT2D eigenvalue weighted by atomic mass is 10.0. The summed E-state index contributed by atoms with van der Waals surface area (Å²) in [6, 6.07) is -0.404. The Hall–Kier alpha value is -1.06. The van der Waals surface area contributed by atoms with Crippen LogP contribution in [0.5, 0.6) is 0 Å². The van der Waals surface area contributed by atoms with Gasteiger partial charge in [-0.05, 0) is 6.42 Å². The molecule has 0 aliphatic carbocycles. The van der Waals surface area contributed by atoms with E-state index in [1.165, 1.54) is 77.0 Å². The highest BCUT2D eigenvalue weighted by molar-refractivity contribution is 5.85. The van der Waals surface area contributed by atoms with Gasteiger partial charge in [0.25, 0.3) is 0 Å². The molecule has 0 aromatic heterocycles. The number of amides is 1. The Morgan fingerprint density at radius 1 is 0.880 bits per heavy atom. The van der Waals surface area contributed by atoms with Crippen LogP contribution in [-0.2, 0) is 14.3 Å². The van der Waals surface area contributed by atoms with Crippen molar-refractivity contribution in [3.05, 3.63) is 0 Å². The Bertz CT molecular complexity index is 357. The maximum atomic E-state index is 11.7. The molecule has 4 nitrogen and oxygen atoms in total. The number of rotatable bonds is 16. The predicted molar refractivity (Wildman–Crippen MR) is 102 cm³/mol. The summed E-state index contributed by atoms with van der Waals surface area (Å²) in [5, 5.41) is 2.76. The van der Waals surface area contributed by atoms with Crippen LogP contribution >= 0.6 is 0 Å². The largest absolute Gasteiger partial charge is 0.464 e. The molecule has 146 valence electrons. The van der Waals surface area contributed by atoms with Crippen molar-refractivity contribution in [2.24, 2.45) is 0 Å². The summed E-state index contributed by atoms with van der Waals surface area (Å²) in [4.78, 5) is 23.0.